The van der Waals surface area contributed by atoms with Crippen LogP contribution in [0, 0.1) is 0 Å². The molecule has 0 saturated carbocycles. The van der Waals surface area contributed by atoms with Crippen LogP contribution in [0.2, 0.25) is 0 Å². The van der Waals surface area contributed by atoms with E-state index in [-0.39, 0.29) is 54.4 Å². The van der Waals surface area contributed by atoms with Gasteiger partial charge in [0.2, 0.25) is 0 Å². The molecule has 0 aromatic carbocycles. The Bertz CT molecular complexity index is 1920. The molecule has 0 fully saturated rings. The summed E-state index contributed by atoms with van der Waals surface area (Å²) in [6.45, 7) is 11.4. The van der Waals surface area contributed by atoms with Crippen LogP contribution in [0.15, 0.2) is 91.5 Å². The molecule has 0 aliphatic rings. The summed E-state index contributed by atoms with van der Waals surface area (Å²) in [7, 11) is 0. The van der Waals surface area contributed by atoms with E-state index in [1.807, 2.05) is 28.0 Å². The van der Waals surface area contributed by atoms with Crippen molar-refractivity contribution in [1.82, 2.24) is 34.7 Å². The fourth-order valence-corrected chi connectivity index (χ4v) is 5.74. The third-order valence-electron chi connectivity index (χ3n) is 8.29. The number of rotatable bonds is 16. The number of pyridine rings is 5. The summed E-state index contributed by atoms with van der Waals surface area (Å²) < 4.78 is 0. The molecule has 5 aromatic heterocycles. The molecule has 278 valence electrons. The van der Waals surface area contributed by atoms with Crippen LogP contribution in [0.5, 0.6) is 0 Å². The van der Waals surface area contributed by atoms with Gasteiger partial charge in [-0.1, -0.05) is 51.6 Å². The summed E-state index contributed by atoms with van der Waals surface area (Å²) in [4.78, 5) is 61.7. The van der Waals surface area contributed by atoms with E-state index in [1.54, 1.807) is 48.5 Å². The van der Waals surface area contributed by atoms with E-state index in [0.717, 1.165) is 5.56 Å². The van der Waals surface area contributed by atoms with E-state index >= 15 is 0 Å². The number of carbonyl (C=O) groups is 3. The molecule has 5 heterocycles. The van der Waals surface area contributed by atoms with Gasteiger partial charge >= 0.3 is 17.9 Å². The zero-order valence-electron chi connectivity index (χ0n) is 30.2. The third kappa shape index (κ3) is 10.8. The lowest BCUT2D eigenvalue weighted by atomic mass is 9.86. The van der Waals surface area contributed by atoms with E-state index in [4.69, 9.17) is 4.98 Å². The summed E-state index contributed by atoms with van der Waals surface area (Å²) >= 11 is 0. The minimum Gasteiger partial charge on any atom is -0.506 e. The second kappa shape index (κ2) is 17.0. The van der Waals surface area contributed by atoms with Gasteiger partial charge in [0.1, 0.15) is 28.5 Å². The molecule has 0 aliphatic carbocycles. The maximum atomic E-state index is 11.7. The van der Waals surface area contributed by atoms with Crippen molar-refractivity contribution in [3.8, 4) is 0 Å². The second-order valence-electron chi connectivity index (χ2n) is 13.8. The zero-order valence-corrected chi connectivity index (χ0v) is 30.2. The standard InChI is InChI=1S/C40H41N7O7/c1-25(48)33-13-5-9-27(42-33)19-46(20-28-10-6-14-34(43-28)37(49)50)23-31-17-26(40(2,3)4)18-32(41-31)24-47(21-29-11-7-15-35(44-29)38(51)52)22-30-12-8-16-36(45-30)39(53)54/h5-18,48H,1,19-24H2,2-4H3,(H,49,50)(H,51,52)(H,53,54). The van der Waals surface area contributed by atoms with E-state index < -0.39 is 17.9 Å². The molecule has 54 heavy (non-hydrogen) atoms. The number of hydrogen-bond acceptors (Lipinski definition) is 11. The predicted molar refractivity (Wildman–Crippen MR) is 198 cm³/mol. The first-order valence-electron chi connectivity index (χ1n) is 17.0. The first-order valence-corrected chi connectivity index (χ1v) is 17.0. The summed E-state index contributed by atoms with van der Waals surface area (Å²) in [5, 5.41) is 38.7. The van der Waals surface area contributed by atoms with Crippen molar-refractivity contribution >= 4 is 23.7 Å². The Morgan fingerprint density at radius 2 is 0.796 bits per heavy atom. The maximum Gasteiger partial charge on any atom is 0.354 e. The molecule has 5 rings (SSSR count). The molecule has 14 nitrogen and oxygen atoms in total. The van der Waals surface area contributed by atoms with Gasteiger partial charge in [-0.25, -0.2) is 34.3 Å². The number of hydrogen-bond donors (Lipinski definition) is 4. The Morgan fingerprint density at radius 3 is 1.09 bits per heavy atom. The van der Waals surface area contributed by atoms with Crippen molar-refractivity contribution in [2.45, 2.75) is 65.5 Å². The van der Waals surface area contributed by atoms with Crippen molar-refractivity contribution in [2.75, 3.05) is 0 Å². The highest BCUT2D eigenvalue weighted by Gasteiger charge is 2.21. The summed E-state index contributed by atoms with van der Waals surface area (Å²) in [6.07, 6.45) is 0. The lowest BCUT2D eigenvalue weighted by molar-refractivity contribution is 0.0679. The van der Waals surface area contributed by atoms with Crippen LogP contribution in [-0.4, -0.2) is 73.1 Å². The highest BCUT2D eigenvalue weighted by Crippen LogP contribution is 2.26. The van der Waals surface area contributed by atoms with Gasteiger partial charge in [-0.2, -0.15) is 0 Å². The van der Waals surface area contributed by atoms with Crippen molar-refractivity contribution in [1.29, 1.82) is 0 Å². The third-order valence-corrected chi connectivity index (χ3v) is 8.29. The Morgan fingerprint density at radius 1 is 0.500 bits per heavy atom. The number of carboxylic acids is 3. The molecule has 5 aromatic rings. The number of aliphatic hydroxyl groups excluding tert-OH is 1. The molecule has 4 N–H and O–H groups in total. The molecule has 0 atom stereocenters. The number of nitrogens with zero attached hydrogens (tertiary/aromatic N) is 7. The summed E-state index contributed by atoms with van der Waals surface area (Å²) in [6, 6.07) is 23.7. The van der Waals surface area contributed by atoms with Crippen LogP contribution in [0.25, 0.3) is 5.76 Å². The molecule has 0 spiro atoms. The molecule has 0 bridgehead atoms. The average molecular weight is 732 g/mol. The molecule has 0 saturated heterocycles. The minimum atomic E-state index is -1.15. The van der Waals surface area contributed by atoms with Crippen molar-refractivity contribution in [2.24, 2.45) is 0 Å². The van der Waals surface area contributed by atoms with Gasteiger partial charge < -0.3 is 20.4 Å². The number of carboxylic acid groups (broad SMARTS) is 3. The Hall–Kier alpha value is -6.38. The van der Waals surface area contributed by atoms with Crippen molar-refractivity contribution < 1.29 is 34.8 Å². The number of aliphatic hydroxyl groups is 1. The Balaban J connectivity index is 1.52. The molecule has 0 radical (unpaired) electrons. The summed E-state index contributed by atoms with van der Waals surface area (Å²) in [5.41, 5.74) is 4.36. The monoisotopic (exact) mass is 731 g/mol. The van der Waals surface area contributed by atoms with E-state index in [2.05, 4.69) is 47.3 Å². The molecular formula is C40H41N7O7. The fourth-order valence-electron chi connectivity index (χ4n) is 5.74. The zero-order chi connectivity index (χ0) is 39.0. The maximum absolute atomic E-state index is 11.7. The van der Waals surface area contributed by atoms with Crippen LogP contribution >= 0.6 is 0 Å². The van der Waals surface area contributed by atoms with Gasteiger partial charge in [0.05, 0.1) is 34.2 Å². The van der Waals surface area contributed by atoms with Gasteiger partial charge in [0.25, 0.3) is 0 Å². The predicted octanol–water partition coefficient (Wildman–Crippen LogP) is 5.99. The second-order valence-corrected chi connectivity index (χ2v) is 13.8. The summed E-state index contributed by atoms with van der Waals surface area (Å²) in [5.74, 6) is -3.60. The van der Waals surface area contributed by atoms with Gasteiger partial charge in [-0.05, 0) is 71.6 Å². The highest BCUT2D eigenvalue weighted by atomic mass is 16.4. The Labute approximate surface area is 312 Å². The topological polar surface area (TPSA) is 203 Å². The Kier molecular flexibility index (Phi) is 12.2. The van der Waals surface area contributed by atoms with Gasteiger partial charge in [-0.3, -0.25) is 14.8 Å². The minimum absolute atomic E-state index is 0.0776. The van der Waals surface area contributed by atoms with E-state index in [9.17, 15) is 34.8 Å². The quantitative estimate of drug-likeness (QED) is 0.0862. The molecule has 0 unspecified atom stereocenters. The van der Waals surface area contributed by atoms with Crippen molar-refractivity contribution in [3.63, 3.8) is 0 Å². The number of aromatic carboxylic acids is 3. The van der Waals surface area contributed by atoms with Crippen LogP contribution in [0.4, 0.5) is 0 Å². The van der Waals surface area contributed by atoms with E-state index in [1.165, 1.54) is 18.2 Å². The van der Waals surface area contributed by atoms with Gasteiger partial charge in [0, 0.05) is 39.3 Å². The van der Waals surface area contributed by atoms with Crippen LogP contribution < -0.4 is 0 Å². The lowest BCUT2D eigenvalue weighted by Crippen LogP contribution is -2.27. The molecule has 0 aliphatic heterocycles. The molecular weight excluding hydrogens is 690 g/mol. The first-order chi connectivity index (χ1) is 25.6. The lowest BCUT2D eigenvalue weighted by Gasteiger charge is -2.26. The van der Waals surface area contributed by atoms with Crippen LogP contribution in [0.1, 0.15) is 97.7 Å². The van der Waals surface area contributed by atoms with Gasteiger partial charge in [0.15, 0.2) is 0 Å². The average Bonchev–Trinajstić information content (AvgIpc) is 3.11. The SMILES string of the molecule is C=C(O)c1cccc(CN(Cc2cc(C(C)(C)C)cc(CN(Cc3cccc(C(=O)O)n3)Cc3cccc(C(=O)O)n3)n2)Cc2cccc(C(=O)O)n2)n1. The number of aromatic nitrogens is 5. The molecule has 0 amide bonds. The highest BCUT2D eigenvalue weighted by molar-refractivity contribution is 5.86. The first kappa shape index (κ1) is 38.8. The normalized spacial score (nSPS) is 11.5. The van der Waals surface area contributed by atoms with Crippen LogP contribution in [-0.2, 0) is 44.7 Å². The van der Waals surface area contributed by atoms with Gasteiger partial charge in [-0.15, -0.1) is 0 Å². The fraction of sp³-hybridized carbons (Fsp3) is 0.250. The van der Waals surface area contributed by atoms with Crippen LogP contribution in [0.3, 0.4) is 0 Å². The van der Waals surface area contributed by atoms with Crippen molar-refractivity contribution in [3.05, 3.63) is 154 Å². The molecule has 14 heteroatoms. The van der Waals surface area contributed by atoms with E-state index in [0.29, 0.717) is 52.9 Å². The largest absolute Gasteiger partial charge is 0.506 e. The smallest absolute Gasteiger partial charge is 0.354 e.